The standard InChI is InChI=1S/C20H23FN4O2/c1-20-10-12-24(19(27)16-9-11-23(2)22-16)17(20)7-8-18(26)25(20)13-14-5-3-4-6-15(14)21/h3-6,9,11,17H,7-8,10,12-13H2,1-2H3/t17-,20-/m0/s1. The van der Waals surface area contributed by atoms with E-state index in [2.05, 4.69) is 5.10 Å². The minimum atomic E-state index is -0.498. The first-order chi connectivity index (χ1) is 12.9. The highest BCUT2D eigenvalue weighted by atomic mass is 19.1. The predicted molar refractivity (Wildman–Crippen MR) is 97.2 cm³/mol. The van der Waals surface area contributed by atoms with Crippen molar-refractivity contribution in [3.8, 4) is 0 Å². The highest BCUT2D eigenvalue weighted by Crippen LogP contribution is 2.41. The maximum atomic E-state index is 14.2. The lowest BCUT2D eigenvalue weighted by molar-refractivity contribution is -0.144. The number of likely N-dealkylation sites (tertiary alicyclic amines) is 2. The Balaban J connectivity index is 1.61. The molecule has 4 rings (SSSR count). The lowest BCUT2D eigenvalue weighted by Crippen LogP contribution is -2.60. The van der Waals surface area contributed by atoms with Crippen molar-refractivity contribution in [3.63, 3.8) is 0 Å². The van der Waals surface area contributed by atoms with Crippen LogP contribution in [0.1, 0.15) is 42.2 Å². The fourth-order valence-electron chi connectivity index (χ4n) is 4.45. The molecule has 2 aliphatic heterocycles. The molecular formula is C20H23FN4O2. The zero-order valence-corrected chi connectivity index (χ0v) is 15.6. The molecule has 6 nitrogen and oxygen atoms in total. The molecule has 0 unspecified atom stereocenters. The Labute approximate surface area is 157 Å². The Bertz CT molecular complexity index is 896. The van der Waals surface area contributed by atoms with Crippen LogP contribution in [0.4, 0.5) is 4.39 Å². The van der Waals surface area contributed by atoms with Gasteiger partial charge in [-0.2, -0.15) is 5.10 Å². The predicted octanol–water partition coefficient (Wildman–Crippen LogP) is 2.36. The van der Waals surface area contributed by atoms with E-state index in [-0.39, 0.29) is 30.2 Å². The van der Waals surface area contributed by atoms with E-state index in [0.29, 0.717) is 37.1 Å². The highest BCUT2D eigenvalue weighted by Gasteiger charge is 2.53. The minimum Gasteiger partial charge on any atom is -0.332 e. The van der Waals surface area contributed by atoms with E-state index in [4.69, 9.17) is 0 Å². The second-order valence-corrected chi connectivity index (χ2v) is 7.61. The molecule has 2 amide bonds. The number of hydrogen-bond donors (Lipinski definition) is 0. The Morgan fingerprint density at radius 3 is 2.81 bits per heavy atom. The Kier molecular flexibility index (Phi) is 4.25. The van der Waals surface area contributed by atoms with Gasteiger partial charge in [0.15, 0.2) is 0 Å². The van der Waals surface area contributed by atoms with Gasteiger partial charge >= 0.3 is 0 Å². The van der Waals surface area contributed by atoms with E-state index in [0.717, 1.165) is 0 Å². The van der Waals surface area contributed by atoms with Crippen LogP contribution in [-0.2, 0) is 18.4 Å². The molecule has 2 saturated heterocycles. The van der Waals surface area contributed by atoms with Crippen LogP contribution in [0.5, 0.6) is 0 Å². The van der Waals surface area contributed by atoms with Crippen LogP contribution in [0.25, 0.3) is 0 Å². The normalized spacial score (nSPS) is 25.0. The third-order valence-electron chi connectivity index (χ3n) is 5.98. The van der Waals surface area contributed by atoms with E-state index in [1.807, 2.05) is 11.8 Å². The van der Waals surface area contributed by atoms with Crippen LogP contribution >= 0.6 is 0 Å². The molecule has 1 aromatic heterocycles. The van der Waals surface area contributed by atoms with Crippen LogP contribution in [0, 0.1) is 5.82 Å². The van der Waals surface area contributed by atoms with E-state index < -0.39 is 5.54 Å². The number of nitrogens with zero attached hydrogens (tertiary/aromatic N) is 4. The largest absolute Gasteiger partial charge is 0.332 e. The monoisotopic (exact) mass is 370 g/mol. The molecule has 0 bridgehead atoms. The summed E-state index contributed by atoms with van der Waals surface area (Å²) < 4.78 is 15.8. The molecule has 2 fully saturated rings. The van der Waals surface area contributed by atoms with Gasteiger partial charge in [0.2, 0.25) is 5.91 Å². The SMILES string of the molecule is Cn1ccc(C(=O)N2CC[C@@]3(C)[C@@H]2CCC(=O)N3Cc2ccccc2F)n1. The van der Waals surface area contributed by atoms with Crippen LogP contribution < -0.4 is 0 Å². The molecule has 7 heteroatoms. The van der Waals surface area contributed by atoms with Crippen LogP contribution in [0.15, 0.2) is 36.5 Å². The van der Waals surface area contributed by atoms with E-state index >= 15 is 0 Å². The number of carbonyl (C=O) groups excluding carboxylic acids is 2. The molecule has 27 heavy (non-hydrogen) atoms. The number of aromatic nitrogens is 2. The summed E-state index contributed by atoms with van der Waals surface area (Å²) in [6.45, 7) is 2.81. The molecule has 1 aromatic carbocycles. The number of piperidine rings is 1. The average Bonchev–Trinajstić information content (AvgIpc) is 3.22. The maximum Gasteiger partial charge on any atom is 0.274 e. The lowest BCUT2D eigenvalue weighted by Gasteiger charge is -2.47. The summed E-state index contributed by atoms with van der Waals surface area (Å²) in [7, 11) is 1.78. The van der Waals surface area contributed by atoms with E-state index in [1.54, 1.807) is 47.1 Å². The van der Waals surface area contributed by atoms with Crippen molar-refractivity contribution in [2.24, 2.45) is 7.05 Å². The highest BCUT2D eigenvalue weighted by molar-refractivity contribution is 5.93. The number of fused-ring (bicyclic) bond motifs is 1. The van der Waals surface area contributed by atoms with Gasteiger partial charge in [-0.15, -0.1) is 0 Å². The van der Waals surface area contributed by atoms with Crippen molar-refractivity contribution in [1.82, 2.24) is 19.6 Å². The summed E-state index contributed by atoms with van der Waals surface area (Å²) in [5.74, 6) is -0.399. The smallest absolute Gasteiger partial charge is 0.274 e. The van der Waals surface area contributed by atoms with Crippen LogP contribution in [-0.4, -0.2) is 49.5 Å². The van der Waals surface area contributed by atoms with Gasteiger partial charge < -0.3 is 9.80 Å². The fourth-order valence-corrected chi connectivity index (χ4v) is 4.45. The van der Waals surface area contributed by atoms with Crippen molar-refractivity contribution >= 4 is 11.8 Å². The summed E-state index contributed by atoms with van der Waals surface area (Å²) in [6.07, 6.45) is 3.41. The Morgan fingerprint density at radius 1 is 1.33 bits per heavy atom. The first-order valence-electron chi connectivity index (χ1n) is 9.24. The average molecular weight is 370 g/mol. The van der Waals surface area contributed by atoms with Gasteiger partial charge in [0.1, 0.15) is 11.5 Å². The van der Waals surface area contributed by atoms with Gasteiger partial charge in [-0.05, 0) is 31.9 Å². The van der Waals surface area contributed by atoms with Crippen molar-refractivity contribution in [1.29, 1.82) is 0 Å². The molecule has 0 saturated carbocycles. The third kappa shape index (κ3) is 2.91. The van der Waals surface area contributed by atoms with Gasteiger partial charge in [0.05, 0.1) is 11.6 Å². The van der Waals surface area contributed by atoms with E-state index in [1.165, 1.54) is 6.07 Å². The Hall–Kier alpha value is -2.70. The van der Waals surface area contributed by atoms with Crippen LogP contribution in [0.3, 0.4) is 0 Å². The van der Waals surface area contributed by atoms with Crippen LogP contribution in [0.2, 0.25) is 0 Å². The number of halogens is 1. The van der Waals surface area contributed by atoms with Gasteiger partial charge in [0, 0.05) is 38.3 Å². The third-order valence-corrected chi connectivity index (χ3v) is 5.98. The minimum absolute atomic E-state index is 0.0177. The van der Waals surface area contributed by atoms with Crippen molar-refractivity contribution in [2.75, 3.05) is 6.54 Å². The summed E-state index contributed by atoms with van der Waals surface area (Å²) in [6, 6.07) is 8.17. The zero-order chi connectivity index (χ0) is 19.2. The molecule has 3 heterocycles. The van der Waals surface area contributed by atoms with Gasteiger partial charge in [-0.3, -0.25) is 14.3 Å². The molecule has 0 radical (unpaired) electrons. The molecule has 0 N–H and O–H groups in total. The number of benzene rings is 1. The summed E-state index contributed by atoms with van der Waals surface area (Å²) >= 11 is 0. The fraction of sp³-hybridized carbons (Fsp3) is 0.450. The van der Waals surface area contributed by atoms with E-state index in [9.17, 15) is 14.0 Å². The Morgan fingerprint density at radius 2 is 2.11 bits per heavy atom. The molecule has 0 spiro atoms. The molecule has 142 valence electrons. The van der Waals surface area contributed by atoms with Gasteiger partial charge in [0.25, 0.3) is 5.91 Å². The first-order valence-corrected chi connectivity index (χ1v) is 9.24. The van der Waals surface area contributed by atoms with Crippen molar-refractivity contribution in [2.45, 2.75) is 44.3 Å². The summed E-state index contributed by atoms with van der Waals surface area (Å²) in [5.41, 5.74) is 0.420. The summed E-state index contributed by atoms with van der Waals surface area (Å²) in [5, 5.41) is 4.22. The molecule has 2 aliphatic rings. The number of aryl methyl sites for hydroxylation is 1. The number of amides is 2. The molecule has 2 aromatic rings. The molecule has 2 atom stereocenters. The topological polar surface area (TPSA) is 58.4 Å². The van der Waals surface area contributed by atoms with Gasteiger partial charge in [-0.25, -0.2) is 4.39 Å². The second-order valence-electron chi connectivity index (χ2n) is 7.61. The van der Waals surface area contributed by atoms with Crippen molar-refractivity contribution in [3.05, 3.63) is 53.6 Å². The lowest BCUT2D eigenvalue weighted by atomic mass is 9.83. The number of rotatable bonds is 3. The summed E-state index contributed by atoms with van der Waals surface area (Å²) in [4.78, 5) is 29.2. The second kappa shape index (κ2) is 6.48. The van der Waals surface area contributed by atoms with Gasteiger partial charge in [-0.1, -0.05) is 18.2 Å². The zero-order valence-electron chi connectivity index (χ0n) is 15.6. The quantitative estimate of drug-likeness (QED) is 0.833. The van der Waals surface area contributed by atoms with Crippen molar-refractivity contribution < 1.29 is 14.0 Å². The first kappa shape index (κ1) is 17.7. The molecular weight excluding hydrogens is 347 g/mol. The number of hydrogen-bond acceptors (Lipinski definition) is 3. The maximum absolute atomic E-state index is 14.2. The number of carbonyl (C=O) groups is 2. The molecule has 0 aliphatic carbocycles.